The number of benzene rings is 1. The van der Waals surface area contributed by atoms with Gasteiger partial charge in [0.2, 0.25) is 0 Å². The summed E-state index contributed by atoms with van der Waals surface area (Å²) in [6.45, 7) is 0. The van der Waals surface area contributed by atoms with Crippen molar-refractivity contribution in [1.29, 1.82) is 0 Å². The summed E-state index contributed by atoms with van der Waals surface area (Å²) in [6, 6.07) is 6.91. The smallest absolute Gasteiger partial charge is 0.135 e. The third kappa shape index (κ3) is 2.44. The van der Waals surface area contributed by atoms with Gasteiger partial charge in [-0.25, -0.2) is 0 Å². The number of hydrogen-bond donors (Lipinski definition) is 2. The van der Waals surface area contributed by atoms with Crippen molar-refractivity contribution in [2.24, 2.45) is 5.73 Å². The highest BCUT2D eigenvalue weighted by molar-refractivity contribution is 9.10. The monoisotopic (exact) mass is 270 g/mol. The second-order valence-corrected chi connectivity index (χ2v) is 4.78. The van der Waals surface area contributed by atoms with E-state index in [2.05, 4.69) is 21.2 Å². The molecular weight excluding hydrogens is 256 g/mol. The van der Waals surface area contributed by atoms with Crippen molar-refractivity contribution in [1.82, 2.24) is 0 Å². The molecule has 0 atom stereocenters. The summed E-state index contributed by atoms with van der Waals surface area (Å²) in [5.74, 6) is 0.851. The number of ether oxygens (including phenoxy) is 1. The molecule has 0 spiro atoms. The summed E-state index contributed by atoms with van der Waals surface area (Å²) in [6.07, 6.45) is 2.11. The molecular formula is C11H15BrN2O. The van der Waals surface area contributed by atoms with E-state index in [9.17, 15) is 0 Å². The van der Waals surface area contributed by atoms with E-state index in [1.54, 1.807) is 7.11 Å². The van der Waals surface area contributed by atoms with Gasteiger partial charge in [0.05, 0.1) is 11.6 Å². The summed E-state index contributed by atoms with van der Waals surface area (Å²) in [4.78, 5) is 0. The molecule has 0 radical (unpaired) electrons. The highest BCUT2D eigenvalue weighted by atomic mass is 79.9. The second-order valence-electron chi connectivity index (χ2n) is 3.92. The van der Waals surface area contributed by atoms with Crippen LogP contribution in [0.25, 0.3) is 0 Å². The van der Waals surface area contributed by atoms with Crippen LogP contribution in [-0.4, -0.2) is 19.2 Å². The lowest BCUT2D eigenvalue weighted by atomic mass is 9.87. The molecule has 0 unspecified atom stereocenters. The first-order valence-electron chi connectivity index (χ1n) is 5.04. The summed E-state index contributed by atoms with van der Waals surface area (Å²) in [5.41, 5.74) is 6.82. The van der Waals surface area contributed by atoms with Crippen molar-refractivity contribution in [2.75, 3.05) is 12.4 Å². The highest BCUT2D eigenvalue weighted by Gasteiger charge is 2.25. The van der Waals surface area contributed by atoms with Gasteiger partial charge >= 0.3 is 0 Å². The van der Waals surface area contributed by atoms with E-state index in [0.717, 1.165) is 28.8 Å². The van der Waals surface area contributed by atoms with E-state index in [-0.39, 0.29) is 0 Å². The zero-order valence-corrected chi connectivity index (χ0v) is 10.3. The number of methoxy groups -OCH3 is 1. The van der Waals surface area contributed by atoms with Crippen molar-refractivity contribution in [3.05, 3.63) is 22.7 Å². The number of nitrogens with one attached hydrogen (secondary N) is 1. The van der Waals surface area contributed by atoms with E-state index < -0.39 is 0 Å². The van der Waals surface area contributed by atoms with E-state index in [4.69, 9.17) is 10.5 Å². The fourth-order valence-corrected chi connectivity index (χ4v) is 2.17. The van der Waals surface area contributed by atoms with Crippen LogP contribution in [0.4, 0.5) is 5.69 Å². The molecule has 0 aliphatic heterocycles. The number of nitrogens with two attached hydrogens (primary N) is 1. The topological polar surface area (TPSA) is 47.3 Å². The molecule has 15 heavy (non-hydrogen) atoms. The molecule has 1 fully saturated rings. The predicted molar refractivity (Wildman–Crippen MR) is 65.3 cm³/mol. The Balaban J connectivity index is 2.02. The number of halogens is 1. The van der Waals surface area contributed by atoms with Crippen molar-refractivity contribution in [2.45, 2.75) is 24.9 Å². The molecule has 82 valence electrons. The molecule has 1 aromatic carbocycles. The zero-order valence-electron chi connectivity index (χ0n) is 8.66. The van der Waals surface area contributed by atoms with Gasteiger partial charge in [0.15, 0.2) is 0 Å². The Labute approximate surface area is 98.1 Å². The molecule has 1 aliphatic carbocycles. The average Bonchev–Trinajstić information content (AvgIpc) is 2.18. The van der Waals surface area contributed by atoms with Crippen LogP contribution in [0.5, 0.6) is 5.75 Å². The Morgan fingerprint density at radius 3 is 2.80 bits per heavy atom. The van der Waals surface area contributed by atoms with Gasteiger partial charge < -0.3 is 15.8 Å². The lowest BCUT2D eigenvalue weighted by Crippen LogP contribution is -2.44. The van der Waals surface area contributed by atoms with E-state index >= 15 is 0 Å². The van der Waals surface area contributed by atoms with Gasteiger partial charge in [-0.05, 0) is 40.9 Å². The van der Waals surface area contributed by atoms with Gasteiger partial charge in [-0.3, -0.25) is 0 Å². The molecule has 0 saturated heterocycles. The maximum Gasteiger partial charge on any atom is 0.135 e. The lowest BCUT2D eigenvalue weighted by molar-refractivity contribution is 0.373. The lowest BCUT2D eigenvalue weighted by Gasteiger charge is -2.33. The third-order valence-electron chi connectivity index (χ3n) is 2.70. The molecule has 1 saturated carbocycles. The first kappa shape index (κ1) is 10.8. The predicted octanol–water partition coefficient (Wildman–Crippen LogP) is 2.36. The van der Waals surface area contributed by atoms with Gasteiger partial charge in [0.1, 0.15) is 5.75 Å². The summed E-state index contributed by atoms with van der Waals surface area (Å²) >= 11 is 3.42. The molecule has 0 heterocycles. The Hall–Kier alpha value is -0.740. The Kier molecular flexibility index (Phi) is 3.17. The van der Waals surface area contributed by atoms with Gasteiger partial charge in [0, 0.05) is 23.8 Å². The Morgan fingerprint density at radius 2 is 2.20 bits per heavy atom. The molecule has 0 aromatic heterocycles. The summed E-state index contributed by atoms with van der Waals surface area (Å²) < 4.78 is 6.20. The van der Waals surface area contributed by atoms with Gasteiger partial charge in [-0.2, -0.15) is 0 Å². The Morgan fingerprint density at radius 1 is 1.47 bits per heavy atom. The third-order valence-corrected chi connectivity index (χ3v) is 3.35. The number of hydrogen-bond acceptors (Lipinski definition) is 3. The summed E-state index contributed by atoms with van der Waals surface area (Å²) in [7, 11) is 1.67. The SMILES string of the molecule is COc1cc(NC2CC(N)C2)ccc1Br. The fourth-order valence-electron chi connectivity index (χ4n) is 1.76. The van der Waals surface area contributed by atoms with Crippen LogP contribution in [0.15, 0.2) is 22.7 Å². The van der Waals surface area contributed by atoms with Crippen LogP contribution >= 0.6 is 15.9 Å². The highest BCUT2D eigenvalue weighted by Crippen LogP contribution is 2.30. The van der Waals surface area contributed by atoms with Crippen molar-refractivity contribution in [3.8, 4) is 5.75 Å². The van der Waals surface area contributed by atoms with Crippen molar-refractivity contribution < 1.29 is 4.74 Å². The van der Waals surface area contributed by atoms with E-state index in [0.29, 0.717) is 12.1 Å². The quantitative estimate of drug-likeness (QED) is 0.887. The van der Waals surface area contributed by atoms with E-state index in [1.807, 2.05) is 18.2 Å². The summed E-state index contributed by atoms with van der Waals surface area (Å²) in [5, 5.41) is 3.43. The zero-order chi connectivity index (χ0) is 10.8. The van der Waals surface area contributed by atoms with Crippen LogP contribution in [-0.2, 0) is 0 Å². The van der Waals surface area contributed by atoms with Gasteiger partial charge in [-0.1, -0.05) is 0 Å². The normalized spacial score (nSPS) is 24.5. The largest absolute Gasteiger partial charge is 0.495 e. The number of anilines is 1. The molecule has 0 bridgehead atoms. The minimum Gasteiger partial charge on any atom is -0.495 e. The minimum absolute atomic E-state index is 0.375. The molecule has 0 amide bonds. The van der Waals surface area contributed by atoms with Gasteiger partial charge in [0.25, 0.3) is 0 Å². The molecule has 3 nitrogen and oxygen atoms in total. The van der Waals surface area contributed by atoms with Crippen LogP contribution < -0.4 is 15.8 Å². The minimum atomic E-state index is 0.375. The molecule has 4 heteroatoms. The number of rotatable bonds is 3. The Bertz CT molecular complexity index is 350. The standard InChI is InChI=1S/C11H15BrN2O/c1-15-11-6-8(2-3-10(11)12)14-9-4-7(13)5-9/h2-3,6-7,9,14H,4-5,13H2,1H3. The van der Waals surface area contributed by atoms with Crippen molar-refractivity contribution in [3.63, 3.8) is 0 Å². The maximum atomic E-state index is 5.73. The fraction of sp³-hybridized carbons (Fsp3) is 0.455. The average molecular weight is 271 g/mol. The van der Waals surface area contributed by atoms with Crippen LogP contribution in [0.2, 0.25) is 0 Å². The molecule has 1 aliphatic rings. The van der Waals surface area contributed by atoms with Crippen LogP contribution in [0.3, 0.4) is 0 Å². The first-order valence-corrected chi connectivity index (χ1v) is 5.84. The van der Waals surface area contributed by atoms with Crippen molar-refractivity contribution >= 4 is 21.6 Å². The van der Waals surface area contributed by atoms with Crippen LogP contribution in [0, 0.1) is 0 Å². The first-order chi connectivity index (χ1) is 7.19. The maximum absolute atomic E-state index is 5.73. The molecule has 3 N–H and O–H groups in total. The second kappa shape index (κ2) is 4.41. The van der Waals surface area contributed by atoms with Gasteiger partial charge in [-0.15, -0.1) is 0 Å². The molecule has 2 rings (SSSR count). The van der Waals surface area contributed by atoms with E-state index in [1.165, 1.54) is 0 Å². The van der Waals surface area contributed by atoms with Crippen LogP contribution in [0.1, 0.15) is 12.8 Å². The molecule has 1 aromatic rings.